The number of ketones is 1. The van der Waals surface area contributed by atoms with Gasteiger partial charge in [0, 0.05) is 26.0 Å². The van der Waals surface area contributed by atoms with Gasteiger partial charge in [0.05, 0.1) is 6.10 Å². The molecule has 1 heterocycles. The number of hydrogen-bond donors (Lipinski definition) is 1. The van der Waals surface area contributed by atoms with Crippen molar-refractivity contribution < 1.29 is 9.53 Å². The SMILES string of the molecule is NCc1ccccc1CC(=O)CCC1CCCO1. The van der Waals surface area contributed by atoms with Crippen LogP contribution in [0.5, 0.6) is 0 Å². The van der Waals surface area contributed by atoms with Gasteiger partial charge in [0.2, 0.25) is 0 Å². The molecule has 0 spiro atoms. The molecule has 1 atom stereocenters. The van der Waals surface area contributed by atoms with Gasteiger partial charge in [-0.2, -0.15) is 0 Å². The minimum Gasteiger partial charge on any atom is -0.378 e. The van der Waals surface area contributed by atoms with Crippen LogP contribution in [-0.2, 0) is 22.5 Å². The Morgan fingerprint density at radius 2 is 2.11 bits per heavy atom. The number of Topliss-reactive ketones (excluding diaryl/α,β-unsaturated/α-hetero) is 1. The average molecular weight is 247 g/mol. The summed E-state index contributed by atoms with van der Waals surface area (Å²) in [6.07, 6.45) is 4.52. The van der Waals surface area contributed by atoms with E-state index >= 15 is 0 Å². The molecule has 18 heavy (non-hydrogen) atoms. The lowest BCUT2D eigenvalue weighted by Gasteiger charge is -2.09. The van der Waals surface area contributed by atoms with Crippen LogP contribution in [0.1, 0.15) is 36.8 Å². The summed E-state index contributed by atoms with van der Waals surface area (Å²) in [6.45, 7) is 1.35. The van der Waals surface area contributed by atoms with Crippen molar-refractivity contribution in [3.63, 3.8) is 0 Å². The molecule has 3 heteroatoms. The molecule has 1 saturated heterocycles. The van der Waals surface area contributed by atoms with E-state index < -0.39 is 0 Å². The lowest BCUT2D eigenvalue weighted by atomic mass is 9.99. The Morgan fingerprint density at radius 1 is 1.33 bits per heavy atom. The van der Waals surface area contributed by atoms with Crippen molar-refractivity contribution in [2.45, 2.75) is 44.8 Å². The van der Waals surface area contributed by atoms with E-state index in [0.29, 0.717) is 25.5 Å². The van der Waals surface area contributed by atoms with E-state index in [0.717, 1.165) is 37.0 Å². The van der Waals surface area contributed by atoms with Crippen LogP contribution in [-0.4, -0.2) is 18.5 Å². The van der Waals surface area contributed by atoms with Gasteiger partial charge in [0.15, 0.2) is 0 Å². The Balaban J connectivity index is 1.82. The van der Waals surface area contributed by atoms with E-state index in [4.69, 9.17) is 10.5 Å². The molecule has 2 rings (SSSR count). The van der Waals surface area contributed by atoms with Gasteiger partial charge in [-0.15, -0.1) is 0 Å². The first-order valence-electron chi connectivity index (χ1n) is 6.69. The third-order valence-corrected chi connectivity index (χ3v) is 3.50. The van der Waals surface area contributed by atoms with E-state index in [1.54, 1.807) is 0 Å². The molecule has 0 amide bonds. The normalized spacial score (nSPS) is 19.1. The van der Waals surface area contributed by atoms with Gasteiger partial charge in [-0.3, -0.25) is 4.79 Å². The van der Waals surface area contributed by atoms with Gasteiger partial charge >= 0.3 is 0 Å². The van der Waals surface area contributed by atoms with E-state index in [1.165, 1.54) is 0 Å². The molecular formula is C15H21NO2. The van der Waals surface area contributed by atoms with Gasteiger partial charge in [-0.25, -0.2) is 0 Å². The number of benzene rings is 1. The molecule has 1 fully saturated rings. The Labute approximate surface area is 108 Å². The van der Waals surface area contributed by atoms with E-state index in [-0.39, 0.29) is 5.78 Å². The fourth-order valence-corrected chi connectivity index (χ4v) is 2.42. The average Bonchev–Trinajstić information content (AvgIpc) is 2.90. The van der Waals surface area contributed by atoms with E-state index in [9.17, 15) is 4.79 Å². The maximum atomic E-state index is 11.9. The Morgan fingerprint density at radius 3 is 2.78 bits per heavy atom. The van der Waals surface area contributed by atoms with Crippen LogP contribution in [0.4, 0.5) is 0 Å². The second-order valence-electron chi connectivity index (χ2n) is 4.86. The summed E-state index contributed by atoms with van der Waals surface area (Å²) in [6, 6.07) is 7.90. The van der Waals surface area contributed by atoms with Crippen LogP contribution < -0.4 is 5.73 Å². The molecule has 2 N–H and O–H groups in total. The molecule has 1 aromatic carbocycles. The van der Waals surface area contributed by atoms with Crippen molar-refractivity contribution in [2.75, 3.05) is 6.61 Å². The van der Waals surface area contributed by atoms with Gasteiger partial charge < -0.3 is 10.5 Å². The molecule has 1 aliphatic heterocycles. The van der Waals surface area contributed by atoms with Crippen molar-refractivity contribution in [1.82, 2.24) is 0 Å². The fourth-order valence-electron chi connectivity index (χ4n) is 2.42. The van der Waals surface area contributed by atoms with Crippen molar-refractivity contribution in [3.05, 3.63) is 35.4 Å². The first-order chi connectivity index (χ1) is 8.79. The molecule has 98 valence electrons. The van der Waals surface area contributed by atoms with Crippen LogP contribution in [0.2, 0.25) is 0 Å². The molecule has 0 aromatic heterocycles. The zero-order chi connectivity index (χ0) is 12.8. The molecule has 1 aliphatic rings. The summed E-state index contributed by atoms with van der Waals surface area (Å²) in [4.78, 5) is 11.9. The van der Waals surface area contributed by atoms with Gasteiger partial charge in [-0.1, -0.05) is 24.3 Å². The van der Waals surface area contributed by atoms with Gasteiger partial charge in [-0.05, 0) is 30.4 Å². The lowest BCUT2D eigenvalue weighted by Crippen LogP contribution is -2.11. The number of nitrogens with two attached hydrogens (primary N) is 1. The smallest absolute Gasteiger partial charge is 0.137 e. The van der Waals surface area contributed by atoms with Crippen LogP contribution >= 0.6 is 0 Å². The summed E-state index contributed by atoms with van der Waals surface area (Å²) in [5, 5.41) is 0. The Bertz CT molecular complexity index is 397. The molecule has 0 bridgehead atoms. The highest BCUT2D eigenvalue weighted by Gasteiger charge is 2.17. The zero-order valence-corrected chi connectivity index (χ0v) is 10.7. The Kier molecular flexibility index (Phi) is 4.90. The van der Waals surface area contributed by atoms with E-state index in [1.807, 2.05) is 24.3 Å². The van der Waals surface area contributed by atoms with E-state index in [2.05, 4.69) is 0 Å². The zero-order valence-electron chi connectivity index (χ0n) is 10.7. The predicted molar refractivity (Wildman–Crippen MR) is 71.3 cm³/mol. The predicted octanol–water partition coefficient (Wildman–Crippen LogP) is 2.22. The molecule has 3 nitrogen and oxygen atoms in total. The number of rotatable bonds is 6. The molecule has 0 radical (unpaired) electrons. The minimum atomic E-state index is 0.284. The number of ether oxygens (including phenoxy) is 1. The van der Waals surface area contributed by atoms with Crippen molar-refractivity contribution >= 4 is 5.78 Å². The van der Waals surface area contributed by atoms with Crippen LogP contribution in [0, 0.1) is 0 Å². The first kappa shape index (κ1) is 13.2. The maximum absolute atomic E-state index is 11.9. The van der Waals surface area contributed by atoms with Gasteiger partial charge in [0.25, 0.3) is 0 Å². The fraction of sp³-hybridized carbons (Fsp3) is 0.533. The highest BCUT2D eigenvalue weighted by Crippen LogP contribution is 2.18. The number of carbonyl (C=O) groups excluding carboxylic acids is 1. The summed E-state index contributed by atoms with van der Waals surface area (Å²) in [7, 11) is 0. The largest absolute Gasteiger partial charge is 0.378 e. The third kappa shape index (κ3) is 3.65. The minimum absolute atomic E-state index is 0.284. The van der Waals surface area contributed by atoms with Crippen LogP contribution in [0.3, 0.4) is 0 Å². The quantitative estimate of drug-likeness (QED) is 0.838. The highest BCUT2D eigenvalue weighted by molar-refractivity contribution is 5.81. The number of hydrogen-bond acceptors (Lipinski definition) is 3. The summed E-state index contributed by atoms with van der Waals surface area (Å²) < 4.78 is 5.53. The molecule has 0 aliphatic carbocycles. The molecule has 1 unspecified atom stereocenters. The monoisotopic (exact) mass is 247 g/mol. The van der Waals surface area contributed by atoms with Crippen LogP contribution in [0.15, 0.2) is 24.3 Å². The highest BCUT2D eigenvalue weighted by atomic mass is 16.5. The first-order valence-corrected chi connectivity index (χ1v) is 6.69. The standard InChI is InChI=1S/C15H21NO2/c16-11-13-5-2-1-4-12(13)10-14(17)7-8-15-6-3-9-18-15/h1-2,4-5,15H,3,6-11,16H2. The summed E-state index contributed by atoms with van der Waals surface area (Å²) >= 11 is 0. The number of carbonyl (C=O) groups is 1. The van der Waals surface area contributed by atoms with Crippen LogP contribution in [0.25, 0.3) is 0 Å². The molecule has 1 aromatic rings. The lowest BCUT2D eigenvalue weighted by molar-refractivity contribution is -0.119. The van der Waals surface area contributed by atoms with Crippen molar-refractivity contribution in [2.24, 2.45) is 5.73 Å². The third-order valence-electron chi connectivity index (χ3n) is 3.50. The van der Waals surface area contributed by atoms with Crippen molar-refractivity contribution in [1.29, 1.82) is 0 Å². The van der Waals surface area contributed by atoms with Crippen molar-refractivity contribution in [3.8, 4) is 0 Å². The molecular weight excluding hydrogens is 226 g/mol. The summed E-state index contributed by atoms with van der Waals surface area (Å²) in [5.41, 5.74) is 7.81. The maximum Gasteiger partial charge on any atom is 0.137 e. The Hall–Kier alpha value is -1.19. The molecule has 0 saturated carbocycles. The van der Waals surface area contributed by atoms with Gasteiger partial charge in [0.1, 0.15) is 5.78 Å². The topological polar surface area (TPSA) is 52.3 Å². The second kappa shape index (κ2) is 6.66. The summed E-state index contributed by atoms with van der Waals surface area (Å²) in [5.74, 6) is 0.284. The second-order valence-corrected chi connectivity index (χ2v) is 4.86.